The van der Waals surface area contributed by atoms with E-state index in [1.807, 2.05) is 12.1 Å². The van der Waals surface area contributed by atoms with Crippen LogP contribution in [0.5, 0.6) is 0 Å². The summed E-state index contributed by atoms with van der Waals surface area (Å²) < 4.78 is 5.46. The van der Waals surface area contributed by atoms with Crippen molar-refractivity contribution >= 4 is 35.6 Å². The largest absolute Gasteiger partial charge is 0.379 e. The molecule has 22 heavy (non-hydrogen) atoms. The zero-order valence-electron chi connectivity index (χ0n) is 14.1. The molecule has 126 valence electrons. The van der Waals surface area contributed by atoms with Gasteiger partial charge < -0.3 is 15.8 Å². The van der Waals surface area contributed by atoms with Gasteiger partial charge in [0.1, 0.15) is 0 Å². The molecule has 0 bridgehead atoms. The van der Waals surface area contributed by atoms with Crippen LogP contribution in [0, 0.1) is 5.92 Å². The van der Waals surface area contributed by atoms with Crippen LogP contribution >= 0.6 is 24.0 Å². The second-order valence-electron chi connectivity index (χ2n) is 5.79. The van der Waals surface area contributed by atoms with Gasteiger partial charge in [0.05, 0.1) is 13.2 Å². The molecule has 0 aliphatic carbocycles. The second-order valence-corrected chi connectivity index (χ2v) is 5.79. The van der Waals surface area contributed by atoms with Crippen molar-refractivity contribution in [3.05, 3.63) is 29.8 Å². The van der Waals surface area contributed by atoms with Crippen molar-refractivity contribution in [3.63, 3.8) is 0 Å². The molecule has 1 atom stereocenters. The molecular formula is C17H30IN3O. The van der Waals surface area contributed by atoms with Gasteiger partial charge in [-0.25, -0.2) is 0 Å². The quantitative estimate of drug-likeness (QED) is 0.287. The molecule has 0 aromatic heterocycles. The third-order valence-corrected chi connectivity index (χ3v) is 3.33. The van der Waals surface area contributed by atoms with Crippen LogP contribution in [0.3, 0.4) is 0 Å². The zero-order chi connectivity index (χ0) is 15.7. The summed E-state index contributed by atoms with van der Waals surface area (Å²) in [6.45, 7) is 10.6. The normalized spacial score (nSPS) is 12.9. The fourth-order valence-electron chi connectivity index (χ4n) is 1.87. The highest BCUT2D eigenvalue weighted by Gasteiger charge is 2.02. The van der Waals surface area contributed by atoms with E-state index in [9.17, 15) is 0 Å². The van der Waals surface area contributed by atoms with Gasteiger partial charge in [0.2, 0.25) is 0 Å². The number of hydrogen-bond acceptors (Lipinski definition) is 2. The monoisotopic (exact) mass is 419 g/mol. The lowest BCUT2D eigenvalue weighted by Crippen LogP contribution is -2.23. The minimum absolute atomic E-state index is 0. The first-order valence-corrected chi connectivity index (χ1v) is 7.77. The lowest BCUT2D eigenvalue weighted by molar-refractivity contribution is 0.117. The number of nitrogens with zero attached hydrogens (tertiary/aromatic N) is 1. The summed E-state index contributed by atoms with van der Waals surface area (Å²) in [5.41, 5.74) is 8.17. The van der Waals surface area contributed by atoms with E-state index in [-0.39, 0.29) is 24.0 Å². The van der Waals surface area contributed by atoms with Crippen molar-refractivity contribution in [2.75, 3.05) is 25.1 Å². The summed E-state index contributed by atoms with van der Waals surface area (Å²) in [4.78, 5) is 4.25. The Balaban J connectivity index is 0.00000441. The van der Waals surface area contributed by atoms with E-state index in [4.69, 9.17) is 10.5 Å². The van der Waals surface area contributed by atoms with E-state index in [1.54, 1.807) is 0 Å². The van der Waals surface area contributed by atoms with E-state index < -0.39 is 0 Å². The number of rotatable bonds is 8. The van der Waals surface area contributed by atoms with Crippen LogP contribution in [-0.2, 0) is 4.74 Å². The van der Waals surface area contributed by atoms with Crippen LogP contribution < -0.4 is 11.1 Å². The highest BCUT2D eigenvalue weighted by Crippen LogP contribution is 2.20. The second kappa shape index (κ2) is 11.7. The number of nitrogens with one attached hydrogen (secondary N) is 1. The first kappa shape index (κ1) is 21.2. The molecule has 3 N–H and O–H groups in total. The van der Waals surface area contributed by atoms with Crippen molar-refractivity contribution in [1.29, 1.82) is 0 Å². The van der Waals surface area contributed by atoms with Gasteiger partial charge in [0.25, 0.3) is 0 Å². The van der Waals surface area contributed by atoms with E-state index in [1.165, 1.54) is 5.56 Å². The SMILES string of the molecule is CCC(C)c1ccc(NC(N)=NCCOCC(C)C)cc1.I. The number of anilines is 1. The Kier molecular flexibility index (Phi) is 11.3. The molecule has 0 saturated carbocycles. The summed E-state index contributed by atoms with van der Waals surface area (Å²) >= 11 is 0. The molecular weight excluding hydrogens is 389 g/mol. The van der Waals surface area contributed by atoms with Crippen LogP contribution in [0.15, 0.2) is 29.3 Å². The molecule has 0 saturated heterocycles. The highest BCUT2D eigenvalue weighted by molar-refractivity contribution is 14.0. The van der Waals surface area contributed by atoms with E-state index in [0.717, 1.165) is 18.7 Å². The number of guanidine groups is 1. The van der Waals surface area contributed by atoms with Gasteiger partial charge in [0.15, 0.2) is 5.96 Å². The predicted molar refractivity (Wildman–Crippen MR) is 106 cm³/mol. The molecule has 1 unspecified atom stereocenters. The Morgan fingerprint density at radius 1 is 1.23 bits per heavy atom. The Labute approximate surface area is 151 Å². The van der Waals surface area contributed by atoms with Crippen molar-refractivity contribution in [2.45, 2.75) is 40.0 Å². The lowest BCUT2D eigenvalue weighted by atomic mass is 9.99. The average Bonchev–Trinajstić information content (AvgIpc) is 2.46. The molecule has 0 heterocycles. The molecule has 0 aliphatic heterocycles. The maximum absolute atomic E-state index is 5.86. The smallest absolute Gasteiger partial charge is 0.193 e. The number of benzene rings is 1. The molecule has 5 heteroatoms. The van der Waals surface area contributed by atoms with Crippen molar-refractivity contribution in [2.24, 2.45) is 16.6 Å². The highest BCUT2D eigenvalue weighted by atomic mass is 127. The van der Waals surface area contributed by atoms with E-state index in [2.05, 4.69) is 50.1 Å². The van der Waals surface area contributed by atoms with Crippen LogP contribution in [-0.4, -0.2) is 25.7 Å². The van der Waals surface area contributed by atoms with Gasteiger partial charge in [-0.15, -0.1) is 24.0 Å². The number of nitrogens with two attached hydrogens (primary N) is 1. The number of aliphatic imine (C=N–C) groups is 1. The van der Waals surface area contributed by atoms with Crippen molar-refractivity contribution in [3.8, 4) is 0 Å². The number of hydrogen-bond donors (Lipinski definition) is 2. The van der Waals surface area contributed by atoms with Crippen molar-refractivity contribution < 1.29 is 4.74 Å². The van der Waals surface area contributed by atoms with Gasteiger partial charge in [-0.1, -0.05) is 39.8 Å². The van der Waals surface area contributed by atoms with Crippen LogP contribution in [0.2, 0.25) is 0 Å². The molecule has 0 spiro atoms. The first-order valence-electron chi connectivity index (χ1n) is 7.77. The molecule has 0 aliphatic rings. The molecule has 0 fully saturated rings. The van der Waals surface area contributed by atoms with Crippen LogP contribution in [0.4, 0.5) is 5.69 Å². The Hall–Kier alpha value is -0.820. The molecule has 0 amide bonds. The van der Waals surface area contributed by atoms with E-state index in [0.29, 0.717) is 30.9 Å². The Morgan fingerprint density at radius 3 is 2.41 bits per heavy atom. The standard InChI is InChI=1S/C17H29N3O.HI/c1-5-14(4)15-6-8-16(9-7-15)20-17(18)19-10-11-21-12-13(2)3;/h6-9,13-14H,5,10-12H2,1-4H3,(H3,18,19,20);1H. The average molecular weight is 419 g/mol. The fraction of sp³-hybridized carbons (Fsp3) is 0.588. The third kappa shape index (κ3) is 8.58. The van der Waals surface area contributed by atoms with Crippen molar-refractivity contribution in [1.82, 2.24) is 0 Å². The minimum Gasteiger partial charge on any atom is -0.379 e. The summed E-state index contributed by atoms with van der Waals surface area (Å²) in [5.74, 6) is 1.57. The van der Waals surface area contributed by atoms with Gasteiger partial charge in [-0.3, -0.25) is 4.99 Å². The van der Waals surface area contributed by atoms with Crippen LogP contribution in [0.1, 0.15) is 45.6 Å². The van der Waals surface area contributed by atoms with Gasteiger partial charge in [-0.2, -0.15) is 0 Å². The molecule has 1 aromatic carbocycles. The molecule has 0 radical (unpaired) electrons. The summed E-state index contributed by atoms with van der Waals surface area (Å²) in [6.07, 6.45) is 1.15. The summed E-state index contributed by atoms with van der Waals surface area (Å²) in [7, 11) is 0. The lowest BCUT2D eigenvalue weighted by Gasteiger charge is -2.11. The first-order chi connectivity index (χ1) is 10.0. The Morgan fingerprint density at radius 2 is 1.86 bits per heavy atom. The maximum atomic E-state index is 5.86. The fourth-order valence-corrected chi connectivity index (χ4v) is 1.87. The Bertz CT molecular complexity index is 432. The van der Waals surface area contributed by atoms with E-state index >= 15 is 0 Å². The predicted octanol–water partition coefficient (Wildman–Crippen LogP) is 4.22. The minimum atomic E-state index is 0. The summed E-state index contributed by atoms with van der Waals surface area (Å²) in [6, 6.07) is 8.35. The zero-order valence-corrected chi connectivity index (χ0v) is 16.5. The van der Waals surface area contributed by atoms with Gasteiger partial charge >= 0.3 is 0 Å². The number of halogens is 1. The third-order valence-electron chi connectivity index (χ3n) is 3.33. The summed E-state index contributed by atoms with van der Waals surface area (Å²) in [5, 5.41) is 3.10. The van der Waals surface area contributed by atoms with Crippen LogP contribution in [0.25, 0.3) is 0 Å². The molecule has 1 rings (SSSR count). The number of ether oxygens (including phenoxy) is 1. The van der Waals surface area contributed by atoms with Gasteiger partial charge in [-0.05, 0) is 36.0 Å². The molecule has 4 nitrogen and oxygen atoms in total. The van der Waals surface area contributed by atoms with Gasteiger partial charge in [0, 0.05) is 12.3 Å². The molecule has 1 aromatic rings. The maximum Gasteiger partial charge on any atom is 0.193 e. The topological polar surface area (TPSA) is 59.6 Å².